The van der Waals surface area contributed by atoms with Crippen LogP contribution in [-0.4, -0.2) is 14.6 Å². The van der Waals surface area contributed by atoms with E-state index in [1.807, 2.05) is 37.3 Å². The molecular weight excluding hydrogens is 269 g/mol. The third-order valence-electron chi connectivity index (χ3n) is 2.63. The molecule has 0 aliphatic carbocycles. The van der Waals surface area contributed by atoms with E-state index in [-0.39, 0.29) is 0 Å². The number of benzene rings is 1. The van der Waals surface area contributed by atoms with Crippen molar-refractivity contribution < 1.29 is 0 Å². The minimum atomic E-state index is 0.547. The molecule has 2 heterocycles. The highest BCUT2D eigenvalue weighted by atomic mass is 35.5. The SMILES string of the molecule is Cc1cc(Cl)n2nc(-c3cccc(Cl)c3)cc2n1. The van der Waals surface area contributed by atoms with Crippen molar-refractivity contribution in [1.82, 2.24) is 14.6 Å². The second kappa shape index (κ2) is 4.26. The van der Waals surface area contributed by atoms with Gasteiger partial charge in [0, 0.05) is 22.3 Å². The van der Waals surface area contributed by atoms with Gasteiger partial charge in [0.1, 0.15) is 5.15 Å². The Balaban J connectivity index is 2.22. The third kappa shape index (κ3) is 1.96. The van der Waals surface area contributed by atoms with Crippen LogP contribution in [0.1, 0.15) is 5.69 Å². The summed E-state index contributed by atoms with van der Waals surface area (Å²) in [5.41, 5.74) is 3.35. The van der Waals surface area contributed by atoms with Crippen LogP contribution >= 0.6 is 23.2 Å². The second-order valence-electron chi connectivity index (χ2n) is 4.03. The van der Waals surface area contributed by atoms with Gasteiger partial charge in [0.15, 0.2) is 5.65 Å². The number of halogens is 2. The summed E-state index contributed by atoms with van der Waals surface area (Å²) in [6.07, 6.45) is 0. The lowest BCUT2D eigenvalue weighted by molar-refractivity contribution is 0.934. The Morgan fingerprint density at radius 3 is 2.72 bits per heavy atom. The second-order valence-corrected chi connectivity index (χ2v) is 4.85. The topological polar surface area (TPSA) is 30.2 Å². The molecule has 0 unspecified atom stereocenters. The molecule has 0 N–H and O–H groups in total. The molecule has 3 aromatic rings. The predicted octanol–water partition coefficient (Wildman–Crippen LogP) is 4.01. The van der Waals surface area contributed by atoms with Crippen LogP contribution in [-0.2, 0) is 0 Å². The average molecular weight is 278 g/mol. The van der Waals surface area contributed by atoms with Crippen molar-refractivity contribution in [3.63, 3.8) is 0 Å². The first-order chi connectivity index (χ1) is 8.63. The Bertz CT molecular complexity index is 734. The van der Waals surface area contributed by atoms with Crippen molar-refractivity contribution >= 4 is 28.8 Å². The van der Waals surface area contributed by atoms with Crippen LogP contribution < -0.4 is 0 Å². The number of hydrogen-bond donors (Lipinski definition) is 0. The number of nitrogens with zero attached hydrogens (tertiary/aromatic N) is 3. The van der Waals surface area contributed by atoms with Gasteiger partial charge < -0.3 is 0 Å². The monoisotopic (exact) mass is 277 g/mol. The van der Waals surface area contributed by atoms with E-state index in [2.05, 4.69) is 10.1 Å². The fourth-order valence-electron chi connectivity index (χ4n) is 1.84. The zero-order chi connectivity index (χ0) is 12.7. The van der Waals surface area contributed by atoms with E-state index in [1.54, 1.807) is 10.6 Å². The van der Waals surface area contributed by atoms with Gasteiger partial charge in [-0.1, -0.05) is 35.3 Å². The molecule has 3 nitrogen and oxygen atoms in total. The summed E-state index contributed by atoms with van der Waals surface area (Å²) >= 11 is 12.1. The molecule has 0 saturated carbocycles. The number of aryl methyl sites for hydroxylation is 1. The maximum Gasteiger partial charge on any atom is 0.157 e. The average Bonchev–Trinajstić information content (AvgIpc) is 2.73. The van der Waals surface area contributed by atoms with Gasteiger partial charge in [0.25, 0.3) is 0 Å². The van der Waals surface area contributed by atoms with Gasteiger partial charge in [-0.05, 0) is 25.1 Å². The first-order valence-electron chi connectivity index (χ1n) is 5.42. The molecule has 3 rings (SSSR count). The molecule has 18 heavy (non-hydrogen) atoms. The van der Waals surface area contributed by atoms with Gasteiger partial charge in [-0.25, -0.2) is 9.50 Å². The van der Waals surface area contributed by atoms with Crippen LogP contribution in [0, 0.1) is 6.92 Å². The van der Waals surface area contributed by atoms with Crippen LogP contribution in [0.2, 0.25) is 10.2 Å². The molecule has 90 valence electrons. The van der Waals surface area contributed by atoms with Gasteiger partial charge in [0.2, 0.25) is 0 Å². The molecule has 0 amide bonds. The van der Waals surface area contributed by atoms with E-state index in [0.29, 0.717) is 10.2 Å². The minimum Gasteiger partial charge on any atom is -0.234 e. The quantitative estimate of drug-likeness (QED) is 0.629. The summed E-state index contributed by atoms with van der Waals surface area (Å²) < 4.78 is 1.62. The van der Waals surface area contributed by atoms with Crippen molar-refractivity contribution in [2.24, 2.45) is 0 Å². The van der Waals surface area contributed by atoms with Gasteiger partial charge in [0.05, 0.1) is 5.69 Å². The largest absolute Gasteiger partial charge is 0.234 e. The Morgan fingerprint density at radius 2 is 1.94 bits per heavy atom. The van der Waals surface area contributed by atoms with Crippen molar-refractivity contribution in [3.8, 4) is 11.3 Å². The third-order valence-corrected chi connectivity index (χ3v) is 3.14. The lowest BCUT2D eigenvalue weighted by Crippen LogP contribution is -1.93. The van der Waals surface area contributed by atoms with E-state index < -0.39 is 0 Å². The number of fused-ring (bicyclic) bond motifs is 1. The Morgan fingerprint density at radius 1 is 1.11 bits per heavy atom. The van der Waals surface area contributed by atoms with E-state index in [1.165, 1.54) is 0 Å². The fraction of sp³-hybridized carbons (Fsp3) is 0.0769. The molecule has 0 aliphatic heterocycles. The van der Waals surface area contributed by atoms with Crippen molar-refractivity contribution in [2.75, 3.05) is 0 Å². The lowest BCUT2D eigenvalue weighted by Gasteiger charge is -1.97. The van der Waals surface area contributed by atoms with Crippen molar-refractivity contribution in [1.29, 1.82) is 0 Å². The minimum absolute atomic E-state index is 0.547. The standard InChI is InChI=1S/C13H9Cl2N3/c1-8-5-12(15)18-13(16-8)7-11(17-18)9-3-2-4-10(14)6-9/h2-7H,1H3. The zero-order valence-corrected chi connectivity index (χ0v) is 11.1. The summed E-state index contributed by atoms with van der Waals surface area (Å²) in [4.78, 5) is 4.39. The summed E-state index contributed by atoms with van der Waals surface area (Å²) in [6.45, 7) is 1.90. The summed E-state index contributed by atoms with van der Waals surface area (Å²) in [6, 6.07) is 11.2. The predicted molar refractivity (Wildman–Crippen MR) is 73.2 cm³/mol. The van der Waals surface area contributed by atoms with Gasteiger partial charge in [-0.3, -0.25) is 0 Å². The van der Waals surface area contributed by atoms with Gasteiger partial charge in [-0.2, -0.15) is 5.10 Å². The van der Waals surface area contributed by atoms with E-state index in [0.717, 1.165) is 22.6 Å². The summed E-state index contributed by atoms with van der Waals surface area (Å²) in [5, 5.41) is 5.66. The van der Waals surface area contributed by atoms with Crippen LogP contribution in [0.25, 0.3) is 16.9 Å². The molecule has 5 heteroatoms. The highest BCUT2D eigenvalue weighted by Gasteiger charge is 2.08. The van der Waals surface area contributed by atoms with E-state index >= 15 is 0 Å². The number of rotatable bonds is 1. The lowest BCUT2D eigenvalue weighted by atomic mass is 10.1. The van der Waals surface area contributed by atoms with Crippen LogP contribution in [0.15, 0.2) is 36.4 Å². The molecular formula is C13H9Cl2N3. The summed E-state index contributed by atoms with van der Waals surface area (Å²) in [7, 11) is 0. The number of hydrogen-bond acceptors (Lipinski definition) is 2. The molecule has 0 fully saturated rings. The summed E-state index contributed by atoms with van der Waals surface area (Å²) in [5.74, 6) is 0. The van der Waals surface area contributed by atoms with Gasteiger partial charge >= 0.3 is 0 Å². The zero-order valence-electron chi connectivity index (χ0n) is 9.56. The normalized spacial score (nSPS) is 11.1. The number of aromatic nitrogens is 3. The van der Waals surface area contributed by atoms with Crippen LogP contribution in [0.3, 0.4) is 0 Å². The molecule has 1 aromatic carbocycles. The molecule has 0 aliphatic rings. The first-order valence-corrected chi connectivity index (χ1v) is 6.18. The Hall–Kier alpha value is -1.58. The maximum absolute atomic E-state index is 6.13. The fourth-order valence-corrected chi connectivity index (χ4v) is 2.32. The van der Waals surface area contributed by atoms with Crippen LogP contribution in [0.4, 0.5) is 0 Å². The molecule has 2 aromatic heterocycles. The molecule has 0 radical (unpaired) electrons. The van der Waals surface area contributed by atoms with Crippen molar-refractivity contribution in [3.05, 3.63) is 52.3 Å². The maximum atomic E-state index is 6.13. The Kier molecular flexibility index (Phi) is 2.73. The first kappa shape index (κ1) is 11.5. The molecule has 0 bridgehead atoms. The van der Waals surface area contributed by atoms with Crippen molar-refractivity contribution in [2.45, 2.75) is 6.92 Å². The van der Waals surface area contributed by atoms with Gasteiger partial charge in [-0.15, -0.1) is 0 Å². The molecule has 0 atom stereocenters. The Labute approximate surface area is 114 Å². The van der Waals surface area contributed by atoms with E-state index in [4.69, 9.17) is 23.2 Å². The molecule has 0 saturated heterocycles. The molecule has 0 spiro atoms. The van der Waals surface area contributed by atoms with E-state index in [9.17, 15) is 0 Å². The van der Waals surface area contributed by atoms with Crippen LogP contribution in [0.5, 0.6) is 0 Å². The smallest absolute Gasteiger partial charge is 0.157 e. The highest BCUT2D eigenvalue weighted by Crippen LogP contribution is 2.24. The highest BCUT2D eigenvalue weighted by molar-refractivity contribution is 6.31.